The molecule has 2 aromatic rings. The van der Waals surface area contributed by atoms with E-state index in [-0.39, 0.29) is 5.69 Å². The SMILES string of the molecule is CCCCCc1c[nH]c(=O)n2ccnc12. The van der Waals surface area contributed by atoms with Crippen LogP contribution in [-0.4, -0.2) is 14.4 Å². The van der Waals surface area contributed by atoms with Gasteiger partial charge in [-0.2, -0.15) is 0 Å². The van der Waals surface area contributed by atoms with E-state index in [2.05, 4.69) is 16.9 Å². The Hall–Kier alpha value is -1.58. The van der Waals surface area contributed by atoms with Crippen LogP contribution < -0.4 is 5.69 Å². The molecule has 2 heterocycles. The van der Waals surface area contributed by atoms with Crippen LogP contribution in [0.2, 0.25) is 0 Å². The molecule has 4 nitrogen and oxygen atoms in total. The maximum atomic E-state index is 11.4. The Labute approximate surface area is 88.0 Å². The van der Waals surface area contributed by atoms with Crippen molar-refractivity contribution in [3.05, 3.63) is 34.6 Å². The molecule has 0 fully saturated rings. The van der Waals surface area contributed by atoms with Gasteiger partial charge in [0.05, 0.1) is 0 Å². The Morgan fingerprint density at radius 1 is 1.47 bits per heavy atom. The van der Waals surface area contributed by atoms with Gasteiger partial charge in [-0.05, 0) is 12.8 Å². The lowest BCUT2D eigenvalue weighted by Crippen LogP contribution is -2.16. The number of aryl methyl sites for hydroxylation is 1. The van der Waals surface area contributed by atoms with Crippen LogP contribution in [0.1, 0.15) is 31.7 Å². The Bertz CT molecular complexity index is 498. The van der Waals surface area contributed by atoms with E-state index < -0.39 is 0 Å². The molecule has 0 bridgehead atoms. The molecule has 2 aromatic heterocycles. The number of nitrogens with one attached hydrogen (secondary N) is 1. The molecule has 0 aromatic carbocycles. The minimum Gasteiger partial charge on any atom is -0.313 e. The third-order valence-electron chi connectivity index (χ3n) is 2.57. The first-order valence-corrected chi connectivity index (χ1v) is 5.36. The molecule has 0 saturated carbocycles. The summed E-state index contributed by atoms with van der Waals surface area (Å²) in [6.45, 7) is 2.18. The van der Waals surface area contributed by atoms with Crippen LogP contribution in [0.3, 0.4) is 0 Å². The van der Waals surface area contributed by atoms with E-state index in [0.717, 1.165) is 24.1 Å². The summed E-state index contributed by atoms with van der Waals surface area (Å²) >= 11 is 0. The summed E-state index contributed by atoms with van der Waals surface area (Å²) in [5.41, 5.74) is 1.78. The van der Waals surface area contributed by atoms with Gasteiger partial charge in [0, 0.05) is 24.2 Å². The molecule has 0 aliphatic rings. The Morgan fingerprint density at radius 2 is 2.33 bits per heavy atom. The molecule has 4 heteroatoms. The second kappa shape index (κ2) is 4.29. The number of hydrogen-bond acceptors (Lipinski definition) is 2. The summed E-state index contributed by atoms with van der Waals surface area (Å²) in [6, 6.07) is 0. The fourth-order valence-corrected chi connectivity index (χ4v) is 1.74. The zero-order chi connectivity index (χ0) is 10.7. The second-order valence-electron chi connectivity index (χ2n) is 3.70. The monoisotopic (exact) mass is 205 g/mol. The molecule has 0 radical (unpaired) electrons. The van der Waals surface area contributed by atoms with Gasteiger partial charge in [0.2, 0.25) is 0 Å². The van der Waals surface area contributed by atoms with E-state index in [0.29, 0.717) is 0 Å². The van der Waals surface area contributed by atoms with E-state index >= 15 is 0 Å². The van der Waals surface area contributed by atoms with E-state index in [1.54, 1.807) is 23.0 Å². The standard InChI is InChI=1S/C11H15N3O/c1-2-3-4-5-9-8-13-11(15)14-7-6-12-10(9)14/h6-8H,2-5H2,1H3,(H,13,15). The first-order chi connectivity index (χ1) is 7.33. The number of fused-ring (bicyclic) bond motifs is 1. The van der Waals surface area contributed by atoms with Crippen molar-refractivity contribution in [3.8, 4) is 0 Å². The molecule has 0 atom stereocenters. The van der Waals surface area contributed by atoms with Crippen molar-refractivity contribution in [2.75, 3.05) is 0 Å². The van der Waals surface area contributed by atoms with Gasteiger partial charge >= 0.3 is 5.69 Å². The van der Waals surface area contributed by atoms with Gasteiger partial charge in [-0.3, -0.25) is 4.40 Å². The van der Waals surface area contributed by atoms with Crippen molar-refractivity contribution < 1.29 is 0 Å². The van der Waals surface area contributed by atoms with Crippen molar-refractivity contribution in [2.45, 2.75) is 32.6 Å². The third kappa shape index (κ3) is 1.93. The molecule has 1 N–H and O–H groups in total. The minimum atomic E-state index is -0.123. The molecule has 0 saturated heterocycles. The second-order valence-corrected chi connectivity index (χ2v) is 3.70. The quantitative estimate of drug-likeness (QED) is 0.773. The van der Waals surface area contributed by atoms with Crippen molar-refractivity contribution >= 4 is 5.65 Å². The molecule has 0 unspecified atom stereocenters. The highest BCUT2D eigenvalue weighted by Gasteiger charge is 2.04. The number of hydrogen-bond donors (Lipinski definition) is 1. The highest BCUT2D eigenvalue weighted by atomic mass is 16.1. The van der Waals surface area contributed by atoms with E-state index in [1.807, 2.05) is 0 Å². The first kappa shape index (κ1) is 9.96. The molecular formula is C11H15N3O. The molecule has 2 rings (SSSR count). The molecule has 0 aliphatic carbocycles. The Morgan fingerprint density at radius 3 is 3.13 bits per heavy atom. The number of rotatable bonds is 4. The van der Waals surface area contributed by atoms with Gasteiger partial charge in [-0.1, -0.05) is 19.8 Å². The van der Waals surface area contributed by atoms with Gasteiger partial charge < -0.3 is 4.98 Å². The summed E-state index contributed by atoms with van der Waals surface area (Å²) in [7, 11) is 0. The van der Waals surface area contributed by atoms with Gasteiger partial charge in [-0.25, -0.2) is 9.78 Å². The van der Waals surface area contributed by atoms with Crippen LogP contribution in [0, 0.1) is 0 Å². The largest absolute Gasteiger partial charge is 0.331 e. The molecule has 80 valence electrons. The fourth-order valence-electron chi connectivity index (χ4n) is 1.74. The molecule has 0 amide bonds. The lowest BCUT2D eigenvalue weighted by atomic mass is 10.1. The number of unbranched alkanes of at least 4 members (excludes halogenated alkanes) is 2. The topological polar surface area (TPSA) is 50.2 Å². The van der Waals surface area contributed by atoms with Crippen LogP contribution >= 0.6 is 0 Å². The smallest absolute Gasteiger partial charge is 0.313 e. The number of H-pyrrole nitrogens is 1. The predicted molar refractivity (Wildman–Crippen MR) is 59.0 cm³/mol. The van der Waals surface area contributed by atoms with E-state index in [4.69, 9.17) is 0 Å². The lowest BCUT2D eigenvalue weighted by molar-refractivity contribution is 0.714. The van der Waals surface area contributed by atoms with Gasteiger partial charge in [-0.15, -0.1) is 0 Å². The average Bonchev–Trinajstić information content (AvgIpc) is 2.71. The number of imidazole rings is 1. The van der Waals surface area contributed by atoms with Gasteiger partial charge in [0.15, 0.2) is 0 Å². The first-order valence-electron chi connectivity index (χ1n) is 5.36. The molecular weight excluding hydrogens is 190 g/mol. The highest BCUT2D eigenvalue weighted by molar-refractivity contribution is 5.45. The van der Waals surface area contributed by atoms with Crippen LogP contribution in [-0.2, 0) is 6.42 Å². The molecule has 0 aliphatic heterocycles. The maximum absolute atomic E-state index is 11.4. The van der Waals surface area contributed by atoms with Crippen LogP contribution in [0.15, 0.2) is 23.4 Å². The number of nitrogens with zero attached hydrogens (tertiary/aromatic N) is 2. The zero-order valence-electron chi connectivity index (χ0n) is 8.86. The zero-order valence-corrected chi connectivity index (χ0v) is 8.86. The number of aromatic nitrogens is 3. The predicted octanol–water partition coefficient (Wildman–Crippen LogP) is 1.76. The maximum Gasteiger partial charge on any atom is 0.331 e. The molecule has 15 heavy (non-hydrogen) atoms. The summed E-state index contributed by atoms with van der Waals surface area (Å²) in [4.78, 5) is 18.3. The Kier molecular flexibility index (Phi) is 2.85. The van der Waals surface area contributed by atoms with Crippen LogP contribution in [0.25, 0.3) is 5.65 Å². The van der Waals surface area contributed by atoms with Crippen LogP contribution in [0.4, 0.5) is 0 Å². The van der Waals surface area contributed by atoms with Gasteiger partial charge in [0.1, 0.15) is 5.65 Å². The Balaban J connectivity index is 2.31. The third-order valence-corrected chi connectivity index (χ3v) is 2.57. The summed E-state index contributed by atoms with van der Waals surface area (Å²) in [5, 5.41) is 0. The lowest BCUT2D eigenvalue weighted by Gasteiger charge is -2.02. The summed E-state index contributed by atoms with van der Waals surface area (Å²) in [6.07, 6.45) is 9.67. The van der Waals surface area contributed by atoms with Crippen molar-refractivity contribution in [3.63, 3.8) is 0 Å². The van der Waals surface area contributed by atoms with Gasteiger partial charge in [0.25, 0.3) is 0 Å². The van der Waals surface area contributed by atoms with Crippen LogP contribution in [0.5, 0.6) is 0 Å². The summed E-state index contributed by atoms with van der Waals surface area (Å²) < 4.78 is 1.56. The average molecular weight is 205 g/mol. The van der Waals surface area contributed by atoms with E-state index in [1.165, 1.54) is 12.8 Å². The van der Waals surface area contributed by atoms with Crippen molar-refractivity contribution in [2.24, 2.45) is 0 Å². The fraction of sp³-hybridized carbons (Fsp3) is 0.455. The van der Waals surface area contributed by atoms with E-state index in [9.17, 15) is 4.79 Å². The minimum absolute atomic E-state index is 0.123. The molecule has 0 spiro atoms. The number of aromatic amines is 1. The normalized spacial score (nSPS) is 11.0. The summed E-state index contributed by atoms with van der Waals surface area (Å²) in [5.74, 6) is 0. The van der Waals surface area contributed by atoms with Crippen molar-refractivity contribution in [1.29, 1.82) is 0 Å². The van der Waals surface area contributed by atoms with Crippen molar-refractivity contribution in [1.82, 2.24) is 14.4 Å². The highest BCUT2D eigenvalue weighted by Crippen LogP contribution is 2.09.